The van der Waals surface area contributed by atoms with Gasteiger partial charge in [0.15, 0.2) is 17.5 Å². The number of hydrogen-bond donors (Lipinski definition) is 0. The molecule has 45 heavy (non-hydrogen) atoms. The molecule has 0 fully saturated rings. The molecule has 2 heterocycles. The SMILES string of the molecule is [2H]c1cc(-c2ccc3c(ccc4ccccc43)c2)cc2c1sc1cccc(-c3nc(-c4ccccc4)nc(-c4ccccc4)n3)c12. The highest BCUT2D eigenvalue weighted by atomic mass is 32.1. The molecule has 0 aliphatic heterocycles. The molecule has 2 aromatic heterocycles. The topological polar surface area (TPSA) is 38.7 Å². The first-order chi connectivity index (χ1) is 22.7. The molecule has 9 rings (SSSR count). The molecule has 7 aromatic carbocycles. The lowest BCUT2D eigenvalue weighted by Gasteiger charge is -2.10. The number of nitrogens with zero attached hydrogens (tertiary/aromatic N) is 3. The number of rotatable bonds is 4. The summed E-state index contributed by atoms with van der Waals surface area (Å²) in [7, 11) is 0. The zero-order valence-electron chi connectivity index (χ0n) is 25.1. The maximum atomic E-state index is 9.09. The van der Waals surface area contributed by atoms with Crippen molar-refractivity contribution in [3.63, 3.8) is 0 Å². The number of aromatic nitrogens is 3. The minimum atomic E-state index is 0.517. The predicted molar refractivity (Wildman–Crippen MR) is 189 cm³/mol. The third kappa shape index (κ3) is 4.46. The molecule has 0 saturated heterocycles. The molecule has 0 amide bonds. The van der Waals surface area contributed by atoms with E-state index in [2.05, 4.69) is 78.9 Å². The third-order valence-electron chi connectivity index (χ3n) is 8.43. The van der Waals surface area contributed by atoms with Crippen molar-refractivity contribution in [1.29, 1.82) is 0 Å². The van der Waals surface area contributed by atoms with Gasteiger partial charge in [0, 0.05) is 36.9 Å². The van der Waals surface area contributed by atoms with Crippen molar-refractivity contribution < 1.29 is 1.37 Å². The van der Waals surface area contributed by atoms with E-state index in [4.69, 9.17) is 16.3 Å². The normalized spacial score (nSPS) is 11.9. The van der Waals surface area contributed by atoms with Gasteiger partial charge in [0.1, 0.15) is 0 Å². The van der Waals surface area contributed by atoms with Gasteiger partial charge >= 0.3 is 0 Å². The lowest BCUT2D eigenvalue weighted by atomic mass is 9.96. The molecule has 9 aromatic rings. The van der Waals surface area contributed by atoms with Gasteiger partial charge in [-0.1, -0.05) is 127 Å². The summed E-state index contributed by atoms with van der Waals surface area (Å²) in [6.07, 6.45) is 0. The first-order valence-electron chi connectivity index (χ1n) is 15.4. The highest BCUT2D eigenvalue weighted by molar-refractivity contribution is 7.26. The van der Waals surface area contributed by atoms with Gasteiger partial charge in [-0.15, -0.1) is 11.3 Å². The molecule has 0 N–H and O–H groups in total. The molecule has 0 radical (unpaired) electrons. The van der Waals surface area contributed by atoms with E-state index in [0.29, 0.717) is 23.5 Å². The van der Waals surface area contributed by atoms with Crippen LogP contribution in [0.4, 0.5) is 0 Å². The van der Waals surface area contributed by atoms with Gasteiger partial charge < -0.3 is 0 Å². The highest BCUT2D eigenvalue weighted by Crippen LogP contribution is 2.41. The van der Waals surface area contributed by atoms with Crippen molar-refractivity contribution in [3.05, 3.63) is 152 Å². The van der Waals surface area contributed by atoms with Crippen LogP contribution >= 0.6 is 11.3 Å². The maximum absolute atomic E-state index is 9.09. The van der Waals surface area contributed by atoms with Crippen LogP contribution in [0.1, 0.15) is 1.37 Å². The van der Waals surface area contributed by atoms with Gasteiger partial charge in [-0.2, -0.15) is 0 Å². The van der Waals surface area contributed by atoms with E-state index in [1.165, 1.54) is 21.5 Å². The fraction of sp³-hybridized carbons (Fsp3) is 0. The molecule has 0 aliphatic carbocycles. The second kappa shape index (κ2) is 10.5. The van der Waals surface area contributed by atoms with Crippen LogP contribution < -0.4 is 0 Å². The van der Waals surface area contributed by atoms with Crippen LogP contribution in [-0.4, -0.2) is 15.0 Å². The lowest BCUT2D eigenvalue weighted by molar-refractivity contribution is 1.08. The summed E-state index contributed by atoms with van der Waals surface area (Å²) in [5, 5.41) is 7.01. The first kappa shape index (κ1) is 24.7. The average Bonchev–Trinajstić information content (AvgIpc) is 3.51. The van der Waals surface area contributed by atoms with E-state index >= 15 is 0 Å². The van der Waals surface area contributed by atoms with Crippen molar-refractivity contribution in [2.24, 2.45) is 0 Å². The molecule has 0 spiro atoms. The fourth-order valence-corrected chi connectivity index (χ4v) is 7.31. The zero-order chi connectivity index (χ0) is 30.6. The number of fused-ring (bicyclic) bond motifs is 6. The van der Waals surface area contributed by atoms with E-state index in [0.717, 1.165) is 48.0 Å². The van der Waals surface area contributed by atoms with Crippen molar-refractivity contribution in [1.82, 2.24) is 15.0 Å². The van der Waals surface area contributed by atoms with E-state index in [-0.39, 0.29) is 0 Å². The summed E-state index contributed by atoms with van der Waals surface area (Å²) in [6.45, 7) is 0. The maximum Gasteiger partial charge on any atom is 0.164 e. The second-order valence-electron chi connectivity index (χ2n) is 11.2. The Hall–Kier alpha value is -5.71. The van der Waals surface area contributed by atoms with Crippen molar-refractivity contribution in [2.45, 2.75) is 0 Å². The van der Waals surface area contributed by atoms with E-state index in [1.54, 1.807) is 11.3 Å². The Morgan fingerprint density at radius 2 is 1.07 bits per heavy atom. The average molecular weight is 593 g/mol. The van der Waals surface area contributed by atoms with Crippen molar-refractivity contribution >= 4 is 53.1 Å². The van der Waals surface area contributed by atoms with Crippen LogP contribution in [0.3, 0.4) is 0 Å². The number of thiophene rings is 1. The Bertz CT molecular complexity index is 2540. The summed E-state index contributed by atoms with van der Waals surface area (Å²) >= 11 is 1.65. The molecule has 210 valence electrons. The smallest absolute Gasteiger partial charge is 0.164 e. The Labute approximate surface area is 265 Å². The summed E-state index contributed by atoms with van der Waals surface area (Å²) < 4.78 is 11.2. The van der Waals surface area contributed by atoms with Crippen LogP contribution in [-0.2, 0) is 0 Å². The largest absolute Gasteiger partial charge is 0.208 e. The van der Waals surface area contributed by atoms with Gasteiger partial charge in [0.2, 0.25) is 0 Å². The van der Waals surface area contributed by atoms with Crippen LogP contribution in [0.25, 0.3) is 87.0 Å². The molecular formula is C41H25N3S. The Morgan fingerprint density at radius 3 is 1.84 bits per heavy atom. The van der Waals surface area contributed by atoms with Gasteiger partial charge in [-0.25, -0.2) is 15.0 Å². The minimum Gasteiger partial charge on any atom is -0.208 e. The standard InChI is InChI=1S/C41H25N3S/c1-3-11-27(12-4-1)39-42-40(28-13-5-2-6-14-28)44-41(43-39)34-16-9-17-37-38(34)35-25-30(21-23-36(35)45-37)29-20-22-33-31(24-29)19-18-26-10-7-8-15-32(26)33/h1-25H/i23D. The van der Waals surface area contributed by atoms with Gasteiger partial charge in [-0.05, 0) is 56.9 Å². The van der Waals surface area contributed by atoms with Gasteiger partial charge in [-0.3, -0.25) is 0 Å². The first-order valence-corrected chi connectivity index (χ1v) is 15.8. The molecule has 3 nitrogen and oxygen atoms in total. The van der Waals surface area contributed by atoms with E-state index in [9.17, 15) is 0 Å². The predicted octanol–water partition coefficient (Wildman–Crippen LogP) is 11.2. The summed E-state index contributed by atoms with van der Waals surface area (Å²) in [6, 6.07) is 50.6. The van der Waals surface area contributed by atoms with Crippen LogP contribution in [0.5, 0.6) is 0 Å². The summed E-state index contributed by atoms with van der Waals surface area (Å²) in [5.41, 5.74) is 4.92. The summed E-state index contributed by atoms with van der Waals surface area (Å²) in [5.74, 6) is 1.88. The molecular weight excluding hydrogens is 567 g/mol. The Balaban J connectivity index is 1.26. The van der Waals surface area contributed by atoms with E-state index < -0.39 is 0 Å². The Morgan fingerprint density at radius 1 is 0.422 bits per heavy atom. The molecule has 0 aliphatic rings. The Kier molecular flexibility index (Phi) is 5.75. The van der Waals surface area contributed by atoms with Gasteiger partial charge in [0.05, 0.1) is 1.37 Å². The highest BCUT2D eigenvalue weighted by Gasteiger charge is 2.17. The van der Waals surface area contributed by atoms with E-state index in [1.807, 2.05) is 66.7 Å². The van der Waals surface area contributed by atoms with Gasteiger partial charge in [0.25, 0.3) is 0 Å². The quantitative estimate of drug-likeness (QED) is 0.191. The molecule has 0 saturated carbocycles. The minimum absolute atomic E-state index is 0.517. The van der Waals surface area contributed by atoms with Crippen LogP contribution in [0, 0.1) is 0 Å². The van der Waals surface area contributed by atoms with Crippen molar-refractivity contribution in [3.8, 4) is 45.3 Å². The molecule has 4 heteroatoms. The van der Waals surface area contributed by atoms with Crippen LogP contribution in [0.15, 0.2) is 152 Å². The second-order valence-corrected chi connectivity index (χ2v) is 12.2. The van der Waals surface area contributed by atoms with Crippen molar-refractivity contribution in [2.75, 3.05) is 0 Å². The molecule has 0 unspecified atom stereocenters. The summed E-state index contributed by atoms with van der Waals surface area (Å²) in [4.78, 5) is 15.0. The van der Waals surface area contributed by atoms with Crippen LogP contribution in [0.2, 0.25) is 0 Å². The zero-order valence-corrected chi connectivity index (χ0v) is 24.9. The lowest BCUT2D eigenvalue weighted by Crippen LogP contribution is -2.00. The fourth-order valence-electron chi connectivity index (χ4n) is 6.23. The monoisotopic (exact) mass is 592 g/mol. The molecule has 0 atom stereocenters. The number of benzene rings is 7. The molecule has 0 bridgehead atoms. The third-order valence-corrected chi connectivity index (χ3v) is 9.53. The number of hydrogen-bond acceptors (Lipinski definition) is 4.